The lowest BCUT2D eigenvalue weighted by Crippen LogP contribution is -2.34. The molecular weight excluding hydrogens is 230 g/mol. The maximum atomic E-state index is 6.26. The van der Waals surface area contributed by atoms with Crippen molar-refractivity contribution in [2.45, 2.75) is 31.2 Å². The van der Waals surface area contributed by atoms with Crippen LogP contribution in [0.3, 0.4) is 0 Å². The minimum atomic E-state index is -0.220. The molecule has 13 heavy (non-hydrogen) atoms. The molecule has 0 aliphatic heterocycles. The zero-order valence-corrected chi connectivity index (χ0v) is 8.92. The van der Waals surface area contributed by atoms with Crippen molar-refractivity contribution in [2.75, 3.05) is 0 Å². The van der Waals surface area contributed by atoms with Crippen molar-refractivity contribution in [2.24, 2.45) is 5.73 Å². The predicted octanol–water partition coefficient (Wildman–Crippen LogP) is 1.97. The van der Waals surface area contributed by atoms with Crippen molar-refractivity contribution < 1.29 is 0 Å². The second kappa shape index (κ2) is 3.35. The Balaban J connectivity index is 2.39. The van der Waals surface area contributed by atoms with Crippen molar-refractivity contribution in [3.63, 3.8) is 0 Å². The molecule has 0 amide bonds. The highest BCUT2D eigenvalue weighted by molar-refractivity contribution is 9.10. The van der Waals surface area contributed by atoms with Gasteiger partial charge in [0.15, 0.2) is 0 Å². The van der Waals surface area contributed by atoms with Gasteiger partial charge in [-0.15, -0.1) is 0 Å². The molecule has 0 saturated heterocycles. The van der Waals surface area contributed by atoms with E-state index >= 15 is 0 Å². The van der Waals surface area contributed by atoms with Crippen molar-refractivity contribution in [3.8, 4) is 0 Å². The van der Waals surface area contributed by atoms with Crippen molar-refractivity contribution in [3.05, 3.63) is 22.7 Å². The molecule has 4 heteroatoms. The third-order valence-electron chi connectivity index (χ3n) is 2.63. The van der Waals surface area contributed by atoms with Gasteiger partial charge in [0.05, 0.1) is 15.7 Å². The van der Waals surface area contributed by atoms with Crippen LogP contribution in [0.5, 0.6) is 0 Å². The van der Waals surface area contributed by atoms with Crippen LogP contribution < -0.4 is 5.73 Å². The molecule has 70 valence electrons. The van der Waals surface area contributed by atoms with E-state index in [9.17, 15) is 0 Å². The smallest absolute Gasteiger partial charge is 0.115 e. The maximum absolute atomic E-state index is 6.26. The summed E-state index contributed by atoms with van der Waals surface area (Å²) in [6.07, 6.45) is 7.79. The van der Waals surface area contributed by atoms with E-state index in [-0.39, 0.29) is 5.54 Å². The van der Waals surface area contributed by atoms with Crippen LogP contribution in [-0.4, -0.2) is 9.97 Å². The Hall–Kier alpha value is -0.480. The van der Waals surface area contributed by atoms with Gasteiger partial charge < -0.3 is 5.73 Å². The van der Waals surface area contributed by atoms with E-state index in [1.165, 1.54) is 12.8 Å². The fraction of sp³-hybridized carbons (Fsp3) is 0.556. The third kappa shape index (κ3) is 1.60. The van der Waals surface area contributed by atoms with Crippen LogP contribution in [0, 0.1) is 0 Å². The summed E-state index contributed by atoms with van der Waals surface area (Å²) >= 11 is 3.44. The molecule has 0 aromatic carbocycles. The molecular formula is C9H12BrN3. The average molecular weight is 242 g/mol. The van der Waals surface area contributed by atoms with Crippen LogP contribution in [0.1, 0.15) is 31.4 Å². The topological polar surface area (TPSA) is 51.8 Å². The number of hydrogen-bond donors (Lipinski definition) is 1. The number of hydrogen-bond acceptors (Lipinski definition) is 3. The first kappa shape index (κ1) is 9.09. The Kier molecular flexibility index (Phi) is 2.34. The largest absolute Gasteiger partial charge is 0.320 e. The van der Waals surface area contributed by atoms with Crippen molar-refractivity contribution >= 4 is 15.9 Å². The van der Waals surface area contributed by atoms with Crippen molar-refractivity contribution in [1.29, 1.82) is 0 Å². The predicted molar refractivity (Wildman–Crippen MR) is 54.1 cm³/mol. The quantitative estimate of drug-likeness (QED) is 0.819. The maximum Gasteiger partial charge on any atom is 0.115 e. The van der Waals surface area contributed by atoms with Gasteiger partial charge in [-0.25, -0.2) is 9.97 Å². The standard InChI is InChI=1S/C9H12BrN3/c10-7-5-12-6-13-8(7)9(11)3-1-2-4-9/h5-6H,1-4,11H2. The fourth-order valence-electron chi connectivity index (χ4n) is 1.92. The molecule has 1 aromatic heterocycles. The minimum absolute atomic E-state index is 0.220. The van der Waals surface area contributed by atoms with Gasteiger partial charge in [0.2, 0.25) is 0 Å². The summed E-state index contributed by atoms with van der Waals surface area (Å²) in [6, 6.07) is 0. The number of rotatable bonds is 1. The monoisotopic (exact) mass is 241 g/mol. The molecule has 0 atom stereocenters. The van der Waals surface area contributed by atoms with Crippen molar-refractivity contribution in [1.82, 2.24) is 9.97 Å². The van der Waals surface area contributed by atoms with Crippen LogP contribution in [0.4, 0.5) is 0 Å². The molecule has 1 saturated carbocycles. The summed E-state index contributed by atoms with van der Waals surface area (Å²) in [6.45, 7) is 0. The summed E-state index contributed by atoms with van der Waals surface area (Å²) in [5.41, 5.74) is 7.00. The zero-order valence-electron chi connectivity index (χ0n) is 7.33. The van der Waals surface area contributed by atoms with Gasteiger partial charge >= 0.3 is 0 Å². The zero-order chi connectivity index (χ0) is 9.31. The van der Waals surface area contributed by atoms with Gasteiger partial charge in [-0.1, -0.05) is 12.8 Å². The fourth-order valence-corrected chi connectivity index (χ4v) is 2.54. The second-order valence-electron chi connectivity index (χ2n) is 3.58. The van der Waals surface area contributed by atoms with Crippen LogP contribution in [0.25, 0.3) is 0 Å². The first-order valence-electron chi connectivity index (χ1n) is 4.47. The molecule has 2 rings (SSSR count). The van der Waals surface area contributed by atoms with E-state index in [4.69, 9.17) is 5.73 Å². The Morgan fingerprint density at radius 3 is 2.69 bits per heavy atom. The van der Waals surface area contributed by atoms with Gasteiger partial charge in [-0.2, -0.15) is 0 Å². The van der Waals surface area contributed by atoms with Crippen LogP contribution >= 0.6 is 15.9 Å². The van der Waals surface area contributed by atoms with E-state index in [1.54, 1.807) is 12.5 Å². The third-order valence-corrected chi connectivity index (χ3v) is 3.22. The first-order chi connectivity index (χ1) is 6.22. The molecule has 0 radical (unpaired) electrons. The second-order valence-corrected chi connectivity index (χ2v) is 4.44. The van der Waals surface area contributed by atoms with Crippen LogP contribution in [0.2, 0.25) is 0 Å². The molecule has 3 nitrogen and oxygen atoms in total. The summed E-state index contributed by atoms with van der Waals surface area (Å²) < 4.78 is 0.930. The van der Waals surface area contributed by atoms with Gasteiger partial charge in [0.1, 0.15) is 6.33 Å². The lowest BCUT2D eigenvalue weighted by Gasteiger charge is -2.23. The number of nitrogens with zero attached hydrogens (tertiary/aromatic N) is 2. The van der Waals surface area contributed by atoms with E-state index in [1.807, 2.05) is 0 Å². The van der Waals surface area contributed by atoms with Gasteiger partial charge in [-0.3, -0.25) is 0 Å². The molecule has 1 aliphatic rings. The lowest BCUT2D eigenvalue weighted by atomic mass is 9.95. The summed E-state index contributed by atoms with van der Waals surface area (Å²) in [7, 11) is 0. The Bertz CT molecular complexity index is 307. The van der Waals surface area contributed by atoms with E-state index < -0.39 is 0 Å². The molecule has 0 spiro atoms. The molecule has 2 N–H and O–H groups in total. The Labute approximate surface area is 85.9 Å². The molecule has 1 heterocycles. The van der Waals surface area contributed by atoms with Gasteiger partial charge in [-0.05, 0) is 28.8 Å². The van der Waals surface area contributed by atoms with E-state index in [0.717, 1.165) is 23.0 Å². The molecule has 1 fully saturated rings. The lowest BCUT2D eigenvalue weighted by molar-refractivity contribution is 0.443. The van der Waals surface area contributed by atoms with Gasteiger partial charge in [0, 0.05) is 6.20 Å². The molecule has 1 aliphatic carbocycles. The average Bonchev–Trinajstić information content (AvgIpc) is 2.54. The number of nitrogens with two attached hydrogens (primary N) is 1. The summed E-state index contributed by atoms with van der Waals surface area (Å²) in [5.74, 6) is 0. The first-order valence-corrected chi connectivity index (χ1v) is 5.26. The molecule has 0 unspecified atom stereocenters. The normalized spacial score (nSPS) is 20.5. The molecule has 0 bridgehead atoms. The van der Waals surface area contributed by atoms with E-state index in [0.29, 0.717) is 0 Å². The van der Waals surface area contributed by atoms with Crippen LogP contribution in [-0.2, 0) is 5.54 Å². The highest BCUT2D eigenvalue weighted by Crippen LogP contribution is 2.37. The number of halogens is 1. The van der Waals surface area contributed by atoms with Crippen LogP contribution in [0.15, 0.2) is 17.0 Å². The summed E-state index contributed by atoms with van der Waals surface area (Å²) in [5, 5.41) is 0. The summed E-state index contributed by atoms with van der Waals surface area (Å²) in [4.78, 5) is 8.18. The van der Waals surface area contributed by atoms with E-state index in [2.05, 4.69) is 25.9 Å². The van der Waals surface area contributed by atoms with Gasteiger partial charge in [0.25, 0.3) is 0 Å². The minimum Gasteiger partial charge on any atom is -0.320 e. The highest BCUT2D eigenvalue weighted by atomic mass is 79.9. The highest BCUT2D eigenvalue weighted by Gasteiger charge is 2.34. The number of aromatic nitrogens is 2. The Morgan fingerprint density at radius 2 is 2.08 bits per heavy atom. The SMILES string of the molecule is NC1(c2ncncc2Br)CCCC1. The molecule has 1 aromatic rings. The Morgan fingerprint density at radius 1 is 1.38 bits per heavy atom.